The van der Waals surface area contributed by atoms with Crippen LogP contribution in [-0.4, -0.2) is 30.3 Å². The number of ether oxygens (including phenoxy) is 2. The summed E-state index contributed by atoms with van der Waals surface area (Å²) in [7, 11) is 2.82. The number of nitrogens with one attached hydrogen (secondary N) is 1. The van der Waals surface area contributed by atoms with E-state index in [4.69, 9.17) is 25.6 Å². The number of pyridine rings is 1. The third kappa shape index (κ3) is 4.16. The summed E-state index contributed by atoms with van der Waals surface area (Å²) in [5.74, 6) is -0.604. The summed E-state index contributed by atoms with van der Waals surface area (Å²) in [5.41, 5.74) is 12.3. The van der Waals surface area contributed by atoms with Gasteiger partial charge in [-0.05, 0) is 10.4 Å². The van der Waals surface area contributed by atoms with Gasteiger partial charge in [0.2, 0.25) is 11.8 Å². The number of methoxy groups -OCH3 is 2. The molecule has 1 aromatic heterocycles. The first-order valence-electron chi connectivity index (χ1n) is 3.93. The largest absolute Gasteiger partial charge is 0.481 e. The Hall–Kier alpha value is -2.47. The molecule has 1 heterocycles. The van der Waals surface area contributed by atoms with Crippen LogP contribution in [0.1, 0.15) is 10.4 Å². The van der Waals surface area contributed by atoms with E-state index in [2.05, 4.69) is 4.98 Å². The third-order valence-corrected chi connectivity index (χ3v) is 1.44. The monoisotopic (exact) mass is 226 g/mol. The van der Waals surface area contributed by atoms with E-state index in [0.29, 0.717) is 0 Å². The molecule has 0 aliphatic carbocycles. The Morgan fingerprint density at radius 3 is 2.06 bits per heavy atom. The van der Waals surface area contributed by atoms with Gasteiger partial charge in [0, 0.05) is 12.1 Å². The van der Waals surface area contributed by atoms with Crippen molar-refractivity contribution in [2.45, 2.75) is 0 Å². The van der Waals surface area contributed by atoms with E-state index in [1.54, 1.807) is 4.91 Å². The van der Waals surface area contributed by atoms with Crippen molar-refractivity contribution >= 4 is 5.97 Å². The SMILES string of the molecule is COc1cc(C(=O)O)cc(OC)n1.[N-]=[N+]=N. The lowest BCUT2D eigenvalue weighted by atomic mass is 10.2. The summed E-state index contributed by atoms with van der Waals surface area (Å²) in [6.07, 6.45) is 0. The first kappa shape index (κ1) is 13.5. The summed E-state index contributed by atoms with van der Waals surface area (Å²) < 4.78 is 9.59. The lowest BCUT2D eigenvalue weighted by Gasteiger charge is -2.03. The molecule has 0 radical (unpaired) electrons. The number of hydrogen-bond donors (Lipinski definition) is 2. The van der Waals surface area contributed by atoms with Crippen molar-refractivity contribution in [3.05, 3.63) is 28.1 Å². The highest BCUT2D eigenvalue weighted by Gasteiger charge is 2.08. The lowest BCUT2D eigenvalue weighted by Crippen LogP contribution is -2.00. The number of hydrogen-bond acceptors (Lipinski definition) is 5. The van der Waals surface area contributed by atoms with Crippen molar-refractivity contribution in [3.8, 4) is 11.8 Å². The van der Waals surface area contributed by atoms with E-state index in [1.807, 2.05) is 0 Å². The summed E-state index contributed by atoms with van der Waals surface area (Å²) in [4.78, 5) is 16.2. The Morgan fingerprint density at radius 1 is 1.44 bits per heavy atom. The van der Waals surface area contributed by atoms with Crippen molar-refractivity contribution in [1.29, 1.82) is 5.53 Å². The average Bonchev–Trinajstić information content (AvgIpc) is 2.29. The topological polar surface area (TPSA) is 129 Å². The maximum absolute atomic E-state index is 10.6. The fraction of sp³-hybridized carbons (Fsp3) is 0.250. The molecule has 0 bridgehead atoms. The molecule has 0 amide bonds. The van der Waals surface area contributed by atoms with Gasteiger partial charge in [0.05, 0.1) is 19.8 Å². The molecule has 0 aromatic carbocycles. The van der Waals surface area contributed by atoms with Gasteiger partial charge in [0.25, 0.3) is 0 Å². The molecule has 86 valence electrons. The van der Waals surface area contributed by atoms with Crippen LogP contribution in [-0.2, 0) is 0 Å². The van der Waals surface area contributed by atoms with E-state index in [9.17, 15) is 4.79 Å². The Kier molecular flexibility index (Phi) is 5.84. The Balaban J connectivity index is 0.000000673. The van der Waals surface area contributed by atoms with Crippen molar-refractivity contribution < 1.29 is 19.4 Å². The molecule has 8 nitrogen and oxygen atoms in total. The van der Waals surface area contributed by atoms with Crippen molar-refractivity contribution in [3.63, 3.8) is 0 Å². The molecule has 0 saturated heterocycles. The average molecular weight is 226 g/mol. The van der Waals surface area contributed by atoms with Gasteiger partial charge >= 0.3 is 5.97 Å². The Labute approximate surface area is 90.9 Å². The fourth-order valence-electron chi connectivity index (χ4n) is 0.813. The molecule has 1 aromatic rings. The molecule has 0 aliphatic rings. The first-order chi connectivity index (χ1) is 7.58. The number of rotatable bonds is 3. The van der Waals surface area contributed by atoms with Gasteiger partial charge in [-0.15, -0.1) is 5.53 Å². The van der Waals surface area contributed by atoms with Gasteiger partial charge in [-0.3, -0.25) is 0 Å². The number of aromatic nitrogens is 1. The lowest BCUT2D eigenvalue weighted by molar-refractivity contribution is 0.0695. The highest BCUT2D eigenvalue weighted by atomic mass is 16.5. The first-order valence-corrected chi connectivity index (χ1v) is 3.93. The molecule has 16 heavy (non-hydrogen) atoms. The molecule has 0 fully saturated rings. The molecule has 8 heteroatoms. The predicted octanol–water partition coefficient (Wildman–Crippen LogP) is 1.67. The quantitative estimate of drug-likeness (QED) is 0.460. The highest BCUT2D eigenvalue weighted by molar-refractivity contribution is 5.88. The number of carboxylic acid groups (broad SMARTS) is 1. The Morgan fingerprint density at radius 2 is 1.81 bits per heavy atom. The van der Waals surface area contributed by atoms with E-state index in [0.717, 1.165) is 0 Å². The normalized spacial score (nSPS) is 8.12. The van der Waals surface area contributed by atoms with Crippen LogP contribution in [0, 0.1) is 5.53 Å². The van der Waals surface area contributed by atoms with E-state index in [1.165, 1.54) is 26.4 Å². The maximum atomic E-state index is 10.6. The zero-order valence-corrected chi connectivity index (χ0v) is 8.67. The molecule has 0 spiro atoms. The summed E-state index contributed by atoms with van der Waals surface area (Å²) >= 11 is 0. The second-order valence-corrected chi connectivity index (χ2v) is 2.35. The molecule has 0 unspecified atom stereocenters. The molecular formula is C8H10N4O4. The van der Waals surface area contributed by atoms with Crippen LogP contribution < -0.4 is 9.47 Å². The van der Waals surface area contributed by atoms with Gasteiger partial charge in [-0.2, -0.15) is 4.98 Å². The van der Waals surface area contributed by atoms with Crippen LogP contribution in [0.3, 0.4) is 0 Å². The third-order valence-electron chi connectivity index (χ3n) is 1.44. The number of aromatic carboxylic acids is 1. The maximum Gasteiger partial charge on any atom is 0.336 e. The molecule has 0 atom stereocenters. The predicted molar refractivity (Wildman–Crippen MR) is 53.7 cm³/mol. The van der Waals surface area contributed by atoms with Gasteiger partial charge in [0.15, 0.2) is 0 Å². The van der Waals surface area contributed by atoms with Crippen LogP contribution in [0.15, 0.2) is 12.1 Å². The minimum atomic E-state index is -1.04. The summed E-state index contributed by atoms with van der Waals surface area (Å²) in [6, 6.07) is 2.65. The van der Waals surface area contributed by atoms with Gasteiger partial charge < -0.3 is 14.6 Å². The molecule has 2 N–H and O–H groups in total. The molecular weight excluding hydrogens is 216 g/mol. The number of nitrogens with zero attached hydrogens (tertiary/aromatic N) is 3. The highest BCUT2D eigenvalue weighted by Crippen LogP contribution is 2.16. The standard InChI is InChI=1S/C8H9NO4.HN3/c1-12-6-3-5(8(10)11)4-7(9-6)13-2;1-3-2/h3-4H,1-2H3,(H,10,11);1H. The second kappa shape index (κ2) is 6.91. The minimum absolute atomic E-state index is 0.0868. The van der Waals surface area contributed by atoms with Crippen molar-refractivity contribution in [1.82, 2.24) is 4.98 Å². The van der Waals surface area contributed by atoms with Crippen LogP contribution in [0.5, 0.6) is 11.8 Å². The molecule has 0 saturated carbocycles. The van der Waals surface area contributed by atoms with Gasteiger partial charge in [-0.25, -0.2) is 4.79 Å². The zero-order chi connectivity index (χ0) is 12.6. The van der Waals surface area contributed by atoms with Gasteiger partial charge in [0.1, 0.15) is 0 Å². The molecule has 0 aliphatic heterocycles. The number of carboxylic acids is 1. The summed E-state index contributed by atoms with van der Waals surface area (Å²) in [6.45, 7) is 0. The zero-order valence-electron chi connectivity index (χ0n) is 8.67. The fourth-order valence-corrected chi connectivity index (χ4v) is 0.813. The van der Waals surface area contributed by atoms with Gasteiger partial charge in [-0.1, -0.05) is 0 Å². The van der Waals surface area contributed by atoms with Crippen LogP contribution >= 0.6 is 0 Å². The number of carbonyl (C=O) groups is 1. The second-order valence-electron chi connectivity index (χ2n) is 2.35. The van der Waals surface area contributed by atoms with Crippen molar-refractivity contribution in [2.75, 3.05) is 14.2 Å². The summed E-state index contributed by atoms with van der Waals surface area (Å²) in [5, 5.41) is 8.69. The van der Waals surface area contributed by atoms with Crippen LogP contribution in [0.25, 0.3) is 10.4 Å². The Bertz CT molecular complexity index is 379. The molecule has 1 rings (SSSR count). The van der Waals surface area contributed by atoms with Crippen LogP contribution in [0.4, 0.5) is 0 Å². The van der Waals surface area contributed by atoms with E-state index in [-0.39, 0.29) is 17.3 Å². The van der Waals surface area contributed by atoms with Crippen LogP contribution in [0.2, 0.25) is 0 Å². The smallest absolute Gasteiger partial charge is 0.336 e. The van der Waals surface area contributed by atoms with E-state index >= 15 is 0 Å². The van der Waals surface area contributed by atoms with E-state index < -0.39 is 5.97 Å². The minimum Gasteiger partial charge on any atom is -0.481 e. The van der Waals surface area contributed by atoms with Crippen molar-refractivity contribution in [2.24, 2.45) is 0 Å².